The molecule has 3 aromatic rings. The number of hydrogen-bond acceptors (Lipinski definition) is 3. The molecule has 3 nitrogen and oxygen atoms in total. The fourth-order valence-electron chi connectivity index (χ4n) is 2.24. The van der Waals surface area contributed by atoms with Gasteiger partial charge in [0.25, 0.3) is 0 Å². The lowest BCUT2D eigenvalue weighted by molar-refractivity contribution is 1.16. The zero-order chi connectivity index (χ0) is 12.5. The summed E-state index contributed by atoms with van der Waals surface area (Å²) >= 11 is 0. The van der Waals surface area contributed by atoms with Crippen molar-refractivity contribution in [2.75, 3.05) is 11.9 Å². The molecule has 0 amide bonds. The first-order chi connectivity index (χ1) is 8.79. The van der Waals surface area contributed by atoms with E-state index in [4.69, 9.17) is 4.98 Å². The quantitative estimate of drug-likeness (QED) is 0.693. The van der Waals surface area contributed by atoms with Gasteiger partial charge in [-0.05, 0) is 43.7 Å². The molecule has 0 atom stereocenters. The Morgan fingerprint density at radius 1 is 1.22 bits per heavy atom. The van der Waals surface area contributed by atoms with Crippen molar-refractivity contribution in [1.82, 2.24) is 9.97 Å². The first kappa shape index (κ1) is 11.0. The van der Waals surface area contributed by atoms with Gasteiger partial charge in [0.2, 0.25) is 0 Å². The number of fused-ring (bicyclic) bond motifs is 3. The van der Waals surface area contributed by atoms with Crippen LogP contribution in [0.15, 0.2) is 36.5 Å². The highest BCUT2D eigenvalue weighted by Gasteiger charge is 2.06. The predicted octanol–water partition coefficient (Wildman–Crippen LogP) is 3.52. The summed E-state index contributed by atoms with van der Waals surface area (Å²) in [6.45, 7) is 5.04. The molecule has 0 bridgehead atoms. The van der Waals surface area contributed by atoms with Crippen LogP contribution in [0.3, 0.4) is 0 Å². The van der Waals surface area contributed by atoms with Gasteiger partial charge in [0, 0.05) is 23.5 Å². The predicted molar refractivity (Wildman–Crippen MR) is 75.9 cm³/mol. The van der Waals surface area contributed by atoms with E-state index in [2.05, 4.69) is 42.3 Å². The Kier molecular flexibility index (Phi) is 2.59. The van der Waals surface area contributed by atoms with Crippen LogP contribution in [0, 0.1) is 6.92 Å². The molecule has 0 aliphatic carbocycles. The van der Waals surface area contributed by atoms with Crippen LogP contribution >= 0.6 is 0 Å². The van der Waals surface area contributed by atoms with Gasteiger partial charge in [-0.2, -0.15) is 0 Å². The maximum Gasteiger partial charge on any atom is 0.129 e. The summed E-state index contributed by atoms with van der Waals surface area (Å²) in [5.41, 5.74) is 3.18. The van der Waals surface area contributed by atoms with E-state index in [1.807, 2.05) is 18.3 Å². The molecule has 90 valence electrons. The van der Waals surface area contributed by atoms with Gasteiger partial charge in [0.05, 0.1) is 11.0 Å². The Morgan fingerprint density at radius 3 is 2.94 bits per heavy atom. The molecule has 3 rings (SSSR count). The van der Waals surface area contributed by atoms with Crippen LogP contribution in [-0.2, 0) is 0 Å². The van der Waals surface area contributed by atoms with Crippen LogP contribution in [0.25, 0.3) is 21.8 Å². The van der Waals surface area contributed by atoms with Gasteiger partial charge >= 0.3 is 0 Å². The molecular weight excluding hydrogens is 222 g/mol. The van der Waals surface area contributed by atoms with E-state index in [-0.39, 0.29) is 0 Å². The molecular formula is C15H15N3. The molecule has 0 aliphatic heterocycles. The van der Waals surface area contributed by atoms with Crippen molar-refractivity contribution in [3.8, 4) is 0 Å². The largest absolute Gasteiger partial charge is 0.370 e. The van der Waals surface area contributed by atoms with Gasteiger partial charge in [0.15, 0.2) is 0 Å². The lowest BCUT2D eigenvalue weighted by Crippen LogP contribution is -2.01. The summed E-state index contributed by atoms with van der Waals surface area (Å²) in [5, 5.41) is 5.57. The average molecular weight is 237 g/mol. The minimum absolute atomic E-state index is 0.877. The van der Waals surface area contributed by atoms with Crippen molar-refractivity contribution in [3.05, 3.63) is 42.1 Å². The third kappa shape index (κ3) is 1.68. The second kappa shape index (κ2) is 4.26. The number of aryl methyl sites for hydroxylation is 1. The lowest BCUT2D eigenvalue weighted by Gasteiger charge is -2.09. The van der Waals surface area contributed by atoms with Crippen molar-refractivity contribution in [1.29, 1.82) is 0 Å². The Hall–Kier alpha value is -2.16. The van der Waals surface area contributed by atoms with E-state index in [0.717, 1.165) is 34.2 Å². The summed E-state index contributed by atoms with van der Waals surface area (Å²) in [6.07, 6.45) is 1.81. The highest BCUT2D eigenvalue weighted by atomic mass is 15.0. The number of aromatic nitrogens is 2. The highest BCUT2D eigenvalue weighted by molar-refractivity contribution is 6.04. The molecule has 0 radical (unpaired) electrons. The van der Waals surface area contributed by atoms with Gasteiger partial charge in [0.1, 0.15) is 5.82 Å². The number of rotatable bonds is 2. The lowest BCUT2D eigenvalue weighted by atomic mass is 10.1. The zero-order valence-corrected chi connectivity index (χ0v) is 10.6. The van der Waals surface area contributed by atoms with Gasteiger partial charge < -0.3 is 5.32 Å². The molecule has 2 heterocycles. The van der Waals surface area contributed by atoms with E-state index in [1.165, 1.54) is 5.56 Å². The second-order valence-corrected chi connectivity index (χ2v) is 4.39. The first-order valence-corrected chi connectivity index (χ1v) is 6.18. The van der Waals surface area contributed by atoms with Crippen molar-refractivity contribution < 1.29 is 0 Å². The SMILES string of the molecule is CCNc1nc2c(ccc3ncccc32)cc1C. The van der Waals surface area contributed by atoms with E-state index in [1.54, 1.807) is 0 Å². The fraction of sp³-hybridized carbons (Fsp3) is 0.200. The van der Waals surface area contributed by atoms with Crippen molar-refractivity contribution in [2.24, 2.45) is 0 Å². The Labute approximate surface area is 106 Å². The standard InChI is InChI=1S/C15H15N3/c1-3-16-15-10(2)9-11-6-7-13-12(14(11)18-15)5-4-8-17-13/h4-9H,3H2,1-2H3,(H,16,18). The first-order valence-electron chi connectivity index (χ1n) is 6.18. The van der Waals surface area contributed by atoms with Crippen molar-refractivity contribution in [2.45, 2.75) is 13.8 Å². The number of nitrogens with zero attached hydrogens (tertiary/aromatic N) is 2. The monoisotopic (exact) mass is 237 g/mol. The molecule has 18 heavy (non-hydrogen) atoms. The third-order valence-electron chi connectivity index (χ3n) is 3.10. The molecule has 0 saturated carbocycles. The molecule has 1 aromatic carbocycles. The summed E-state index contributed by atoms with van der Waals surface area (Å²) in [6, 6.07) is 10.3. The van der Waals surface area contributed by atoms with Crippen LogP contribution < -0.4 is 5.32 Å². The minimum atomic E-state index is 0.877. The molecule has 0 aliphatic rings. The zero-order valence-electron chi connectivity index (χ0n) is 10.6. The van der Waals surface area contributed by atoms with E-state index in [0.29, 0.717) is 0 Å². The summed E-state index contributed by atoms with van der Waals surface area (Å²) in [4.78, 5) is 9.11. The van der Waals surface area contributed by atoms with Crippen molar-refractivity contribution in [3.63, 3.8) is 0 Å². The number of anilines is 1. The molecule has 1 N–H and O–H groups in total. The highest BCUT2D eigenvalue weighted by Crippen LogP contribution is 2.25. The van der Waals surface area contributed by atoms with Gasteiger partial charge in [-0.15, -0.1) is 0 Å². The molecule has 2 aromatic heterocycles. The fourth-order valence-corrected chi connectivity index (χ4v) is 2.24. The summed E-state index contributed by atoms with van der Waals surface area (Å²) in [5.74, 6) is 0.960. The number of pyridine rings is 2. The maximum atomic E-state index is 4.74. The third-order valence-corrected chi connectivity index (χ3v) is 3.10. The topological polar surface area (TPSA) is 37.8 Å². The van der Waals surface area contributed by atoms with E-state index < -0.39 is 0 Å². The van der Waals surface area contributed by atoms with Crippen LogP contribution in [0.2, 0.25) is 0 Å². The van der Waals surface area contributed by atoms with Gasteiger partial charge in [-0.1, -0.05) is 6.07 Å². The van der Waals surface area contributed by atoms with Gasteiger partial charge in [-0.3, -0.25) is 4.98 Å². The smallest absolute Gasteiger partial charge is 0.129 e. The average Bonchev–Trinajstić information content (AvgIpc) is 2.40. The number of benzene rings is 1. The molecule has 0 saturated heterocycles. The summed E-state index contributed by atoms with van der Waals surface area (Å²) in [7, 11) is 0. The Balaban J connectivity index is 2.37. The van der Waals surface area contributed by atoms with Crippen LogP contribution in [-0.4, -0.2) is 16.5 Å². The number of nitrogens with one attached hydrogen (secondary N) is 1. The molecule has 3 heteroatoms. The van der Waals surface area contributed by atoms with Crippen LogP contribution in [0.4, 0.5) is 5.82 Å². The Morgan fingerprint density at radius 2 is 2.11 bits per heavy atom. The van der Waals surface area contributed by atoms with Gasteiger partial charge in [-0.25, -0.2) is 4.98 Å². The van der Waals surface area contributed by atoms with E-state index >= 15 is 0 Å². The van der Waals surface area contributed by atoms with Crippen molar-refractivity contribution >= 4 is 27.6 Å². The maximum absolute atomic E-state index is 4.74. The molecule has 0 unspecified atom stereocenters. The number of hydrogen-bond donors (Lipinski definition) is 1. The molecule has 0 spiro atoms. The van der Waals surface area contributed by atoms with E-state index in [9.17, 15) is 0 Å². The Bertz CT molecular complexity index is 719. The van der Waals surface area contributed by atoms with Crippen LogP contribution in [0.5, 0.6) is 0 Å². The second-order valence-electron chi connectivity index (χ2n) is 4.39. The van der Waals surface area contributed by atoms with Crippen LogP contribution in [0.1, 0.15) is 12.5 Å². The normalized spacial score (nSPS) is 11.0. The summed E-state index contributed by atoms with van der Waals surface area (Å²) < 4.78 is 0. The molecule has 0 fully saturated rings. The minimum Gasteiger partial charge on any atom is -0.370 e.